The van der Waals surface area contributed by atoms with Crippen LogP contribution < -0.4 is 5.14 Å². The van der Waals surface area contributed by atoms with E-state index in [2.05, 4.69) is 10.9 Å². The van der Waals surface area contributed by atoms with Crippen molar-refractivity contribution in [2.24, 2.45) is 10.1 Å². The van der Waals surface area contributed by atoms with E-state index in [4.69, 9.17) is 5.14 Å². The minimum atomic E-state index is -2.75. The molecule has 0 saturated heterocycles. The molecular weight excluding hydrogens is 275 g/mol. The van der Waals surface area contributed by atoms with Gasteiger partial charge in [-0.25, -0.2) is 8.60 Å². The molecule has 1 unspecified atom stereocenters. The Balaban J connectivity index is 2.09. The van der Waals surface area contributed by atoms with E-state index >= 15 is 0 Å². The minimum absolute atomic E-state index is 0.267. The zero-order valence-corrected chi connectivity index (χ0v) is 11.5. The Morgan fingerprint density at radius 3 is 2.80 bits per heavy atom. The van der Waals surface area contributed by atoms with E-state index in [9.17, 15) is 8.60 Å². The van der Waals surface area contributed by atoms with Crippen LogP contribution in [0.4, 0.5) is 4.39 Å². The van der Waals surface area contributed by atoms with Crippen LogP contribution in [0.15, 0.2) is 52.4 Å². The van der Waals surface area contributed by atoms with Crippen molar-refractivity contribution in [1.82, 2.24) is 0 Å². The average Bonchev–Trinajstić information content (AvgIpc) is 2.80. The molecule has 0 saturated carbocycles. The molecule has 0 fully saturated rings. The minimum Gasteiger partial charge on any atom is -0.279 e. The van der Waals surface area contributed by atoms with Gasteiger partial charge in [-0.1, -0.05) is 12.1 Å². The van der Waals surface area contributed by atoms with Crippen LogP contribution in [-0.2, 0) is 16.3 Å². The average molecular weight is 288 g/mol. The van der Waals surface area contributed by atoms with Gasteiger partial charge in [0.1, 0.15) is 5.82 Å². The summed E-state index contributed by atoms with van der Waals surface area (Å²) >= 11 is 0. The van der Waals surface area contributed by atoms with E-state index in [1.54, 1.807) is 24.3 Å². The zero-order valence-electron chi connectivity index (χ0n) is 10.7. The van der Waals surface area contributed by atoms with E-state index in [-0.39, 0.29) is 5.82 Å². The first-order chi connectivity index (χ1) is 9.45. The van der Waals surface area contributed by atoms with Crippen LogP contribution >= 0.6 is 0 Å². The predicted molar refractivity (Wildman–Crippen MR) is 79.9 cm³/mol. The molecular formula is C15H13FN2OS. The molecule has 0 aliphatic carbocycles. The lowest BCUT2D eigenvalue weighted by molar-refractivity contribution is 0.626. The molecule has 20 heavy (non-hydrogen) atoms. The fourth-order valence-electron chi connectivity index (χ4n) is 2.28. The highest BCUT2D eigenvalue weighted by molar-refractivity contribution is 7.98. The van der Waals surface area contributed by atoms with E-state index in [1.807, 2.05) is 6.07 Å². The summed E-state index contributed by atoms with van der Waals surface area (Å²) in [6.45, 7) is 0.453. The molecule has 1 heterocycles. The summed E-state index contributed by atoms with van der Waals surface area (Å²) in [4.78, 5) is 4.91. The highest BCUT2D eigenvalue weighted by Crippen LogP contribution is 2.24. The molecule has 5 heteroatoms. The summed E-state index contributed by atoms with van der Waals surface area (Å²) in [6.07, 6.45) is 0. The monoisotopic (exact) mass is 288 g/mol. The van der Waals surface area contributed by atoms with Gasteiger partial charge < -0.3 is 0 Å². The third-order valence-electron chi connectivity index (χ3n) is 3.24. The third kappa shape index (κ3) is 2.26. The molecule has 0 bridgehead atoms. The number of nitrogens with zero attached hydrogens (tertiary/aromatic N) is 1. The van der Waals surface area contributed by atoms with E-state index in [1.165, 1.54) is 12.1 Å². The quantitative estimate of drug-likeness (QED) is 0.846. The first kappa shape index (κ1) is 13.0. The highest BCUT2D eigenvalue weighted by Gasteiger charge is 2.18. The van der Waals surface area contributed by atoms with Crippen LogP contribution in [0.1, 0.15) is 16.7 Å². The number of hydrogen-bond acceptors (Lipinski definition) is 2. The standard InChI is InChI=1S/C15H13FN2OS/c1-20(17,19)13-4-2-3-10(8-13)15-14-6-5-12(16)7-11(14)9-18-15/h2-8H,1,9H2,(H2,17,19). The Bertz CT molecular complexity index is 826. The second-order valence-corrected chi connectivity index (χ2v) is 6.64. The largest absolute Gasteiger partial charge is 0.279 e. The summed E-state index contributed by atoms with van der Waals surface area (Å²) in [5.41, 5.74) is 3.34. The normalized spacial score (nSPS) is 16.4. The highest BCUT2D eigenvalue weighted by atomic mass is 32.2. The van der Waals surface area contributed by atoms with Gasteiger partial charge in [-0.15, -0.1) is 0 Å². The Hall–Kier alpha value is -1.98. The van der Waals surface area contributed by atoms with E-state index in [0.717, 1.165) is 22.4 Å². The predicted octanol–water partition coefficient (Wildman–Crippen LogP) is 2.13. The molecule has 1 aliphatic heterocycles. The Labute approximate surface area is 117 Å². The topological polar surface area (TPSA) is 55.5 Å². The van der Waals surface area contributed by atoms with Gasteiger partial charge in [0.15, 0.2) is 0 Å². The first-order valence-corrected chi connectivity index (χ1v) is 7.83. The van der Waals surface area contributed by atoms with Gasteiger partial charge >= 0.3 is 0 Å². The van der Waals surface area contributed by atoms with Gasteiger partial charge in [0, 0.05) is 16.0 Å². The molecule has 2 N–H and O–H groups in total. The molecule has 0 aromatic heterocycles. The molecule has 3 nitrogen and oxygen atoms in total. The summed E-state index contributed by atoms with van der Waals surface area (Å²) in [7, 11) is -2.75. The molecule has 1 aliphatic rings. The Morgan fingerprint density at radius 1 is 1.25 bits per heavy atom. The molecule has 2 aromatic carbocycles. The molecule has 0 amide bonds. The summed E-state index contributed by atoms with van der Waals surface area (Å²) in [5.74, 6) is 3.21. The molecule has 1 atom stereocenters. The van der Waals surface area contributed by atoms with Gasteiger partial charge in [-0.3, -0.25) is 10.1 Å². The van der Waals surface area contributed by atoms with Gasteiger partial charge in [-0.05, 0) is 41.8 Å². The summed E-state index contributed by atoms with van der Waals surface area (Å²) in [5, 5.41) is 5.57. The molecule has 2 aromatic rings. The lowest BCUT2D eigenvalue weighted by Gasteiger charge is -2.07. The Morgan fingerprint density at radius 2 is 2.05 bits per heavy atom. The maximum Gasteiger partial charge on any atom is 0.123 e. The number of rotatable bonds is 2. The number of nitrogens with two attached hydrogens (primary N) is 1. The van der Waals surface area contributed by atoms with Crippen LogP contribution in [0, 0.1) is 5.82 Å². The van der Waals surface area contributed by atoms with Gasteiger partial charge in [0.05, 0.1) is 22.0 Å². The number of halogens is 1. The fourth-order valence-corrected chi connectivity index (χ4v) is 2.91. The fraction of sp³-hybridized carbons (Fsp3) is 0.0667. The van der Waals surface area contributed by atoms with E-state index < -0.39 is 9.71 Å². The van der Waals surface area contributed by atoms with Crippen molar-refractivity contribution >= 4 is 21.3 Å². The summed E-state index contributed by atoms with van der Waals surface area (Å²) < 4.78 is 25.0. The van der Waals surface area contributed by atoms with Crippen LogP contribution in [0.5, 0.6) is 0 Å². The summed E-state index contributed by atoms with van der Waals surface area (Å²) in [6, 6.07) is 11.7. The SMILES string of the molecule is C=S(N)(=O)c1cccc(C2=NCc3cc(F)ccc32)c1. The van der Waals surface area contributed by atoms with Gasteiger partial charge in [-0.2, -0.15) is 0 Å². The second kappa shape index (κ2) is 4.54. The van der Waals surface area contributed by atoms with Crippen molar-refractivity contribution in [2.45, 2.75) is 11.4 Å². The van der Waals surface area contributed by atoms with Crippen molar-refractivity contribution < 1.29 is 8.60 Å². The van der Waals surface area contributed by atoms with Crippen LogP contribution in [0.3, 0.4) is 0 Å². The van der Waals surface area contributed by atoms with Crippen molar-refractivity contribution in [2.75, 3.05) is 0 Å². The van der Waals surface area contributed by atoms with Gasteiger partial charge in [0.2, 0.25) is 0 Å². The molecule has 0 spiro atoms. The second-order valence-electron chi connectivity index (χ2n) is 4.72. The third-order valence-corrected chi connectivity index (χ3v) is 4.29. The van der Waals surface area contributed by atoms with Crippen molar-refractivity contribution in [3.05, 3.63) is 65.0 Å². The van der Waals surface area contributed by atoms with Crippen molar-refractivity contribution in [3.8, 4) is 0 Å². The number of hydrogen-bond donors (Lipinski definition) is 1. The van der Waals surface area contributed by atoms with Crippen LogP contribution in [0.25, 0.3) is 0 Å². The number of benzene rings is 2. The van der Waals surface area contributed by atoms with Crippen molar-refractivity contribution in [1.29, 1.82) is 0 Å². The maximum absolute atomic E-state index is 13.2. The van der Waals surface area contributed by atoms with Crippen LogP contribution in [0.2, 0.25) is 0 Å². The molecule has 3 rings (SSSR count). The van der Waals surface area contributed by atoms with Gasteiger partial charge in [0.25, 0.3) is 0 Å². The van der Waals surface area contributed by atoms with Crippen LogP contribution in [-0.4, -0.2) is 15.8 Å². The Kier molecular flexibility index (Phi) is 2.96. The smallest absolute Gasteiger partial charge is 0.123 e. The first-order valence-electron chi connectivity index (χ1n) is 6.04. The van der Waals surface area contributed by atoms with E-state index in [0.29, 0.717) is 11.4 Å². The molecule has 0 radical (unpaired) electrons. The maximum atomic E-state index is 13.2. The van der Waals surface area contributed by atoms with Crippen molar-refractivity contribution in [3.63, 3.8) is 0 Å². The molecule has 102 valence electrons. The lowest BCUT2D eigenvalue weighted by atomic mass is 10.0. The number of fused-ring (bicyclic) bond motifs is 1. The number of aliphatic imine (C=N–C) groups is 1. The lowest BCUT2D eigenvalue weighted by Crippen LogP contribution is -2.12. The zero-order chi connectivity index (χ0) is 14.3.